The smallest absolute Gasteiger partial charge is 0.402 e. The summed E-state index contributed by atoms with van der Waals surface area (Å²) in [6, 6.07) is 0. The zero-order valence-corrected chi connectivity index (χ0v) is 10.7. The molecule has 0 aliphatic heterocycles. The lowest BCUT2D eigenvalue weighted by Crippen LogP contribution is -2.28. The first-order valence-electron chi connectivity index (χ1n) is 5.87. The molecular weight excluding hydrogens is 245 g/mol. The van der Waals surface area contributed by atoms with Crippen LogP contribution < -0.4 is 0 Å². The van der Waals surface area contributed by atoms with Gasteiger partial charge in [-0.05, 0) is 6.42 Å². The number of hydrogen-bond acceptors (Lipinski definition) is 8. The van der Waals surface area contributed by atoms with Gasteiger partial charge in [0.2, 0.25) is 0 Å². The highest BCUT2D eigenvalue weighted by atomic mass is 16.9. The molecule has 0 aromatic rings. The molecule has 0 aromatic carbocycles. The van der Waals surface area contributed by atoms with E-state index in [0.717, 1.165) is 19.3 Å². The molecule has 0 rings (SSSR count). The lowest BCUT2D eigenvalue weighted by atomic mass is 10.2. The van der Waals surface area contributed by atoms with Crippen molar-refractivity contribution in [3.63, 3.8) is 0 Å². The average molecular weight is 269 g/mol. The molecule has 5 N–H and O–H groups in total. The molecular formula is C9H24BNO7. The highest BCUT2D eigenvalue weighted by Crippen LogP contribution is 1.99. The van der Waals surface area contributed by atoms with Crippen LogP contribution in [0.2, 0.25) is 0 Å². The Kier molecular flexibility index (Phi) is 18.7. The summed E-state index contributed by atoms with van der Waals surface area (Å²) in [5.74, 6) is 0. The fourth-order valence-corrected chi connectivity index (χ4v) is 0.943. The number of aliphatic hydroxyl groups excluding tert-OH is 2. The van der Waals surface area contributed by atoms with Gasteiger partial charge in [-0.25, -0.2) is 0 Å². The molecule has 18 heavy (non-hydrogen) atoms. The third kappa shape index (κ3) is 21.1. The van der Waals surface area contributed by atoms with Gasteiger partial charge in [-0.2, -0.15) is 0 Å². The van der Waals surface area contributed by atoms with Crippen LogP contribution in [0.1, 0.15) is 26.2 Å². The van der Waals surface area contributed by atoms with Crippen molar-refractivity contribution < 1.29 is 35.0 Å². The van der Waals surface area contributed by atoms with Crippen molar-refractivity contribution in [3.8, 4) is 0 Å². The van der Waals surface area contributed by atoms with Crippen molar-refractivity contribution in [2.24, 2.45) is 0 Å². The van der Waals surface area contributed by atoms with Crippen molar-refractivity contribution in [2.45, 2.75) is 26.2 Å². The molecule has 110 valence electrons. The molecule has 8 nitrogen and oxygen atoms in total. The number of hydroxylamine groups is 2. The van der Waals surface area contributed by atoms with Crippen molar-refractivity contribution in [2.75, 3.05) is 33.0 Å². The Labute approximate surface area is 107 Å². The molecule has 0 fully saturated rings. The Bertz CT molecular complexity index is 142. The van der Waals surface area contributed by atoms with Crippen molar-refractivity contribution in [1.82, 2.24) is 5.23 Å². The predicted octanol–water partition coefficient (Wildman–Crippen LogP) is -1.73. The SMILES string of the molecule is CCCCCN(OCCO)OCCO.OB(O)O. The molecule has 0 radical (unpaired) electrons. The van der Waals surface area contributed by atoms with Gasteiger partial charge in [-0.15, -0.1) is 0 Å². The minimum Gasteiger partial charge on any atom is -0.402 e. The summed E-state index contributed by atoms with van der Waals surface area (Å²) < 4.78 is 0. The molecule has 0 heterocycles. The highest BCUT2D eigenvalue weighted by molar-refractivity contribution is 6.30. The molecule has 0 atom stereocenters. The highest BCUT2D eigenvalue weighted by Gasteiger charge is 2.04. The number of rotatable bonds is 10. The monoisotopic (exact) mass is 269 g/mol. The van der Waals surface area contributed by atoms with Crippen LogP contribution in [0.4, 0.5) is 0 Å². The van der Waals surface area contributed by atoms with Crippen LogP contribution in [0.15, 0.2) is 0 Å². The lowest BCUT2D eigenvalue weighted by Gasteiger charge is -2.19. The van der Waals surface area contributed by atoms with E-state index in [-0.39, 0.29) is 26.4 Å². The van der Waals surface area contributed by atoms with E-state index in [4.69, 9.17) is 35.0 Å². The number of aliphatic hydroxyl groups is 2. The summed E-state index contributed by atoms with van der Waals surface area (Å²) in [6.45, 7) is 3.15. The number of unbranched alkanes of at least 4 members (excludes halogenated alkanes) is 2. The third-order valence-electron chi connectivity index (χ3n) is 1.60. The van der Waals surface area contributed by atoms with E-state index >= 15 is 0 Å². The summed E-state index contributed by atoms with van der Waals surface area (Å²) in [4.78, 5) is 10.2. The quantitative estimate of drug-likeness (QED) is 0.180. The summed E-state index contributed by atoms with van der Waals surface area (Å²) >= 11 is 0. The van der Waals surface area contributed by atoms with E-state index < -0.39 is 7.32 Å². The van der Waals surface area contributed by atoms with Crippen LogP contribution in [-0.2, 0) is 9.68 Å². The first-order chi connectivity index (χ1) is 8.58. The molecule has 0 spiro atoms. The number of nitrogens with zero attached hydrogens (tertiary/aromatic N) is 1. The summed E-state index contributed by atoms with van der Waals surface area (Å²) in [5, 5.41) is 39.9. The zero-order valence-electron chi connectivity index (χ0n) is 10.7. The van der Waals surface area contributed by atoms with Crippen molar-refractivity contribution >= 4 is 7.32 Å². The molecule has 0 unspecified atom stereocenters. The van der Waals surface area contributed by atoms with E-state index in [1.54, 1.807) is 0 Å². The normalized spacial score (nSPS) is 10.2. The Balaban J connectivity index is 0. The summed E-state index contributed by atoms with van der Waals surface area (Å²) in [7, 11) is -2.17. The van der Waals surface area contributed by atoms with Gasteiger partial charge in [-0.1, -0.05) is 25.0 Å². The van der Waals surface area contributed by atoms with E-state index in [1.807, 2.05) is 0 Å². The van der Waals surface area contributed by atoms with Gasteiger partial charge in [0.05, 0.1) is 33.0 Å². The molecule has 0 saturated carbocycles. The third-order valence-corrected chi connectivity index (χ3v) is 1.60. The van der Waals surface area contributed by atoms with Crippen molar-refractivity contribution in [1.29, 1.82) is 0 Å². The minimum absolute atomic E-state index is 0.0350. The molecule has 0 aromatic heterocycles. The minimum atomic E-state index is -2.17. The molecule has 0 aliphatic carbocycles. The van der Waals surface area contributed by atoms with E-state index in [1.165, 1.54) is 5.23 Å². The zero-order chi connectivity index (χ0) is 14.2. The maximum atomic E-state index is 8.56. The Morgan fingerprint density at radius 3 is 1.72 bits per heavy atom. The molecule has 0 aliphatic rings. The maximum absolute atomic E-state index is 8.56. The first kappa shape index (κ1) is 20.1. The second-order valence-corrected chi connectivity index (χ2v) is 3.22. The van der Waals surface area contributed by atoms with Gasteiger partial charge < -0.3 is 25.3 Å². The van der Waals surface area contributed by atoms with E-state index in [0.29, 0.717) is 6.54 Å². The standard InChI is InChI=1S/C9H21NO4.BH3O3/c1-2-3-4-5-10(13-8-6-11)14-9-7-12;2-1(3)4/h11-12H,2-9H2,1H3;2-4H. The van der Waals surface area contributed by atoms with Crippen molar-refractivity contribution in [3.05, 3.63) is 0 Å². The van der Waals surface area contributed by atoms with Gasteiger partial charge in [0, 0.05) is 0 Å². The van der Waals surface area contributed by atoms with Crippen LogP contribution in [0, 0.1) is 0 Å². The van der Waals surface area contributed by atoms with Gasteiger partial charge in [0.25, 0.3) is 0 Å². The van der Waals surface area contributed by atoms with E-state index in [2.05, 4.69) is 6.92 Å². The fraction of sp³-hybridized carbons (Fsp3) is 1.00. The Hall–Kier alpha value is -0.255. The topological polar surface area (TPSA) is 123 Å². The average Bonchev–Trinajstić information content (AvgIpc) is 2.31. The predicted molar refractivity (Wildman–Crippen MR) is 64.7 cm³/mol. The summed E-state index contributed by atoms with van der Waals surface area (Å²) in [6.07, 6.45) is 3.22. The van der Waals surface area contributed by atoms with Crippen LogP contribution in [0.3, 0.4) is 0 Å². The van der Waals surface area contributed by atoms with Gasteiger partial charge in [-0.3, -0.25) is 9.68 Å². The molecule has 9 heteroatoms. The second-order valence-electron chi connectivity index (χ2n) is 3.22. The maximum Gasteiger partial charge on any atom is 0.631 e. The molecule has 0 bridgehead atoms. The Morgan fingerprint density at radius 2 is 1.39 bits per heavy atom. The van der Waals surface area contributed by atoms with Crippen LogP contribution in [0.5, 0.6) is 0 Å². The first-order valence-corrected chi connectivity index (χ1v) is 5.87. The van der Waals surface area contributed by atoms with Crippen LogP contribution in [-0.4, -0.2) is 70.8 Å². The summed E-state index contributed by atoms with van der Waals surface area (Å²) in [5.41, 5.74) is 0. The van der Waals surface area contributed by atoms with Crippen LogP contribution in [0.25, 0.3) is 0 Å². The van der Waals surface area contributed by atoms with Gasteiger partial charge >= 0.3 is 7.32 Å². The second kappa shape index (κ2) is 16.7. The fourth-order valence-electron chi connectivity index (χ4n) is 0.943. The largest absolute Gasteiger partial charge is 0.631 e. The van der Waals surface area contributed by atoms with Gasteiger partial charge in [0.15, 0.2) is 0 Å². The molecule has 0 amide bonds. The lowest BCUT2D eigenvalue weighted by molar-refractivity contribution is -0.371. The Morgan fingerprint density at radius 1 is 0.944 bits per heavy atom. The van der Waals surface area contributed by atoms with Gasteiger partial charge in [0.1, 0.15) is 0 Å². The van der Waals surface area contributed by atoms with Crippen LogP contribution >= 0.6 is 0 Å². The number of hydrogen-bond donors (Lipinski definition) is 5. The molecule has 0 saturated heterocycles. The van der Waals surface area contributed by atoms with E-state index in [9.17, 15) is 0 Å².